The normalized spacial score (nSPS) is 10.3. The van der Waals surface area contributed by atoms with Crippen molar-refractivity contribution in [1.29, 1.82) is 0 Å². The highest BCUT2D eigenvalue weighted by atomic mass is 19.1. The summed E-state index contributed by atoms with van der Waals surface area (Å²) in [5, 5.41) is 2.90. The summed E-state index contributed by atoms with van der Waals surface area (Å²) in [7, 11) is 1.59. The van der Waals surface area contributed by atoms with Crippen molar-refractivity contribution in [2.75, 3.05) is 18.2 Å². The maximum Gasteiger partial charge on any atom is 0.151 e. The summed E-state index contributed by atoms with van der Waals surface area (Å²) in [4.78, 5) is 0. The maximum absolute atomic E-state index is 13.2. The molecule has 0 saturated heterocycles. The lowest BCUT2D eigenvalue weighted by Crippen LogP contribution is -2.04. The van der Waals surface area contributed by atoms with Crippen LogP contribution in [0.4, 0.5) is 20.2 Å². The third-order valence-corrected chi connectivity index (χ3v) is 2.74. The average Bonchev–Trinajstić information content (AvgIpc) is 2.41. The first-order valence-electron chi connectivity index (χ1n) is 5.71. The summed E-state index contributed by atoms with van der Waals surface area (Å²) in [6.45, 7) is 0.414. The van der Waals surface area contributed by atoms with Crippen LogP contribution in [0.15, 0.2) is 36.4 Å². The van der Waals surface area contributed by atoms with E-state index in [2.05, 4.69) is 5.32 Å². The van der Waals surface area contributed by atoms with Crippen LogP contribution < -0.4 is 15.8 Å². The zero-order chi connectivity index (χ0) is 13.8. The fraction of sp³-hybridized carbons (Fsp3) is 0.143. The van der Waals surface area contributed by atoms with Gasteiger partial charge in [0.2, 0.25) is 0 Å². The van der Waals surface area contributed by atoms with E-state index >= 15 is 0 Å². The first kappa shape index (κ1) is 13.1. The fourth-order valence-electron chi connectivity index (χ4n) is 1.67. The van der Waals surface area contributed by atoms with Crippen LogP contribution in [0.3, 0.4) is 0 Å². The molecule has 0 aliphatic rings. The lowest BCUT2D eigenvalue weighted by molar-refractivity contribution is 0.414. The third-order valence-electron chi connectivity index (χ3n) is 2.74. The highest BCUT2D eigenvalue weighted by Crippen LogP contribution is 2.24. The minimum atomic E-state index is -0.766. The van der Waals surface area contributed by atoms with E-state index in [9.17, 15) is 8.78 Å². The molecule has 0 aliphatic carbocycles. The van der Waals surface area contributed by atoms with Crippen molar-refractivity contribution in [2.24, 2.45) is 0 Å². The Morgan fingerprint density at radius 3 is 2.47 bits per heavy atom. The number of hydrogen-bond donors (Lipinski definition) is 2. The van der Waals surface area contributed by atoms with Gasteiger partial charge in [0.1, 0.15) is 11.6 Å². The van der Waals surface area contributed by atoms with Crippen LogP contribution in [0.25, 0.3) is 0 Å². The van der Waals surface area contributed by atoms with Gasteiger partial charge in [-0.25, -0.2) is 8.78 Å². The van der Waals surface area contributed by atoms with Crippen molar-refractivity contribution in [3.8, 4) is 5.75 Å². The molecular weight excluding hydrogens is 250 g/mol. The van der Waals surface area contributed by atoms with E-state index in [0.717, 1.165) is 17.4 Å². The average molecular weight is 264 g/mol. The van der Waals surface area contributed by atoms with E-state index in [1.54, 1.807) is 7.11 Å². The molecule has 0 aromatic heterocycles. The molecular formula is C14H14F2N2O. The second-order valence-corrected chi connectivity index (χ2v) is 4.05. The lowest BCUT2D eigenvalue weighted by Gasteiger charge is -2.10. The Morgan fingerprint density at radius 2 is 1.84 bits per heavy atom. The van der Waals surface area contributed by atoms with Crippen molar-refractivity contribution in [2.45, 2.75) is 6.54 Å². The standard InChI is InChI=1S/C14H14F2N2O/c1-19-11-4-2-9(3-5-11)8-18-13-7-10(15)6-12(16)14(13)17/h2-7,18H,8,17H2,1H3. The molecule has 0 fully saturated rings. The van der Waals surface area contributed by atoms with Gasteiger partial charge in [-0.2, -0.15) is 0 Å². The molecule has 0 heterocycles. The number of nitrogens with two attached hydrogens (primary N) is 1. The van der Waals surface area contributed by atoms with Crippen molar-refractivity contribution in [3.63, 3.8) is 0 Å². The number of hydrogen-bond acceptors (Lipinski definition) is 3. The van der Waals surface area contributed by atoms with Gasteiger partial charge in [0.15, 0.2) is 5.82 Å². The predicted molar refractivity (Wildman–Crippen MR) is 71.1 cm³/mol. The van der Waals surface area contributed by atoms with Crippen molar-refractivity contribution in [3.05, 3.63) is 53.6 Å². The molecule has 2 rings (SSSR count). The van der Waals surface area contributed by atoms with Crippen LogP contribution in [0.5, 0.6) is 5.75 Å². The van der Waals surface area contributed by atoms with Gasteiger partial charge in [0.25, 0.3) is 0 Å². The van der Waals surface area contributed by atoms with Gasteiger partial charge in [0, 0.05) is 12.6 Å². The minimum absolute atomic E-state index is 0.0880. The summed E-state index contributed by atoms with van der Waals surface area (Å²) < 4.78 is 31.4. The van der Waals surface area contributed by atoms with Crippen molar-refractivity contribution in [1.82, 2.24) is 0 Å². The number of ether oxygens (including phenoxy) is 1. The van der Waals surface area contributed by atoms with Crippen LogP contribution in [-0.2, 0) is 6.54 Å². The molecule has 0 unspecified atom stereocenters. The Hall–Kier alpha value is -2.30. The second-order valence-electron chi connectivity index (χ2n) is 4.05. The van der Waals surface area contributed by atoms with E-state index in [-0.39, 0.29) is 11.4 Å². The molecule has 2 aromatic rings. The van der Waals surface area contributed by atoms with E-state index in [1.807, 2.05) is 24.3 Å². The molecule has 2 aromatic carbocycles. The number of halogens is 2. The predicted octanol–water partition coefficient (Wildman–Crippen LogP) is 3.17. The summed E-state index contributed by atoms with van der Waals surface area (Å²) in [5.74, 6) is -0.679. The van der Waals surface area contributed by atoms with E-state index < -0.39 is 11.6 Å². The molecule has 0 aliphatic heterocycles. The zero-order valence-corrected chi connectivity index (χ0v) is 10.4. The Balaban J connectivity index is 2.09. The summed E-state index contributed by atoms with van der Waals surface area (Å²) in [6, 6.07) is 9.27. The lowest BCUT2D eigenvalue weighted by atomic mass is 10.2. The minimum Gasteiger partial charge on any atom is -0.497 e. The number of rotatable bonds is 4. The van der Waals surface area contributed by atoms with E-state index in [1.165, 1.54) is 6.07 Å². The van der Waals surface area contributed by atoms with Gasteiger partial charge in [-0.1, -0.05) is 12.1 Å². The van der Waals surface area contributed by atoms with Gasteiger partial charge in [-0.3, -0.25) is 0 Å². The molecule has 0 radical (unpaired) electrons. The molecule has 19 heavy (non-hydrogen) atoms. The largest absolute Gasteiger partial charge is 0.497 e. The second kappa shape index (κ2) is 5.56. The highest BCUT2D eigenvalue weighted by molar-refractivity contribution is 5.66. The molecule has 0 spiro atoms. The topological polar surface area (TPSA) is 47.3 Å². The molecule has 0 saturated carbocycles. The van der Waals surface area contributed by atoms with Crippen LogP contribution in [0, 0.1) is 11.6 Å². The molecule has 3 N–H and O–H groups in total. The number of nitrogens with one attached hydrogen (secondary N) is 1. The molecule has 3 nitrogen and oxygen atoms in total. The molecule has 0 atom stereocenters. The van der Waals surface area contributed by atoms with Gasteiger partial charge >= 0.3 is 0 Å². The molecule has 0 amide bonds. The Bertz CT molecular complexity index is 570. The maximum atomic E-state index is 13.2. The van der Waals surface area contributed by atoms with Crippen molar-refractivity contribution < 1.29 is 13.5 Å². The monoisotopic (exact) mass is 264 g/mol. The van der Waals surface area contributed by atoms with Crippen LogP contribution >= 0.6 is 0 Å². The van der Waals surface area contributed by atoms with Gasteiger partial charge in [0.05, 0.1) is 18.5 Å². The molecule has 100 valence electrons. The summed E-state index contributed by atoms with van der Waals surface area (Å²) >= 11 is 0. The number of methoxy groups -OCH3 is 1. The van der Waals surface area contributed by atoms with Crippen LogP contribution in [0.1, 0.15) is 5.56 Å². The SMILES string of the molecule is COc1ccc(CNc2cc(F)cc(F)c2N)cc1. The number of benzene rings is 2. The van der Waals surface area contributed by atoms with E-state index in [4.69, 9.17) is 10.5 Å². The first-order chi connectivity index (χ1) is 9.10. The van der Waals surface area contributed by atoms with Gasteiger partial charge in [-0.05, 0) is 23.8 Å². The Labute approximate surface area is 110 Å². The van der Waals surface area contributed by atoms with Gasteiger partial charge < -0.3 is 15.8 Å². The third kappa shape index (κ3) is 3.13. The highest BCUT2D eigenvalue weighted by Gasteiger charge is 2.07. The Morgan fingerprint density at radius 1 is 1.16 bits per heavy atom. The first-order valence-corrected chi connectivity index (χ1v) is 5.71. The molecule has 0 bridgehead atoms. The quantitative estimate of drug-likeness (QED) is 0.834. The smallest absolute Gasteiger partial charge is 0.151 e. The summed E-state index contributed by atoms with van der Waals surface area (Å²) in [5.41, 5.74) is 6.64. The van der Waals surface area contributed by atoms with E-state index in [0.29, 0.717) is 6.54 Å². The van der Waals surface area contributed by atoms with Crippen molar-refractivity contribution >= 4 is 11.4 Å². The Kier molecular flexibility index (Phi) is 3.85. The van der Waals surface area contributed by atoms with Crippen LogP contribution in [0.2, 0.25) is 0 Å². The number of anilines is 2. The molecule has 5 heteroatoms. The fourth-order valence-corrected chi connectivity index (χ4v) is 1.67. The van der Waals surface area contributed by atoms with Gasteiger partial charge in [-0.15, -0.1) is 0 Å². The number of nitrogen functional groups attached to an aromatic ring is 1. The zero-order valence-electron chi connectivity index (χ0n) is 10.4. The van der Waals surface area contributed by atoms with Crippen LogP contribution in [-0.4, -0.2) is 7.11 Å². The summed E-state index contributed by atoms with van der Waals surface area (Å²) in [6.07, 6.45) is 0.